The summed E-state index contributed by atoms with van der Waals surface area (Å²) in [7, 11) is 0. The Kier molecular flexibility index (Phi) is 5.02. The minimum Gasteiger partial charge on any atom is -0.384 e. The molecule has 0 radical (unpaired) electrons. The molecule has 2 fully saturated rings. The van der Waals surface area contributed by atoms with Gasteiger partial charge in [0.2, 0.25) is 5.91 Å². The van der Waals surface area contributed by atoms with Crippen LogP contribution in [0.1, 0.15) is 41.7 Å². The van der Waals surface area contributed by atoms with Crippen LogP contribution in [0.2, 0.25) is 0 Å². The van der Waals surface area contributed by atoms with E-state index < -0.39 is 0 Å². The quantitative estimate of drug-likeness (QED) is 0.832. The van der Waals surface area contributed by atoms with Gasteiger partial charge in [-0.3, -0.25) is 9.59 Å². The molecule has 8 heteroatoms. The molecular formula is C20H26N6O2. The van der Waals surface area contributed by atoms with Gasteiger partial charge in [-0.05, 0) is 36.8 Å². The molecule has 2 aromatic heterocycles. The topological polar surface area (TPSA) is 108 Å². The van der Waals surface area contributed by atoms with Crippen molar-refractivity contribution < 1.29 is 9.59 Å². The van der Waals surface area contributed by atoms with E-state index in [1.165, 1.54) is 0 Å². The number of carbonyl (C=O) groups excluding carboxylic acids is 2. The lowest BCUT2D eigenvalue weighted by Gasteiger charge is -2.47. The summed E-state index contributed by atoms with van der Waals surface area (Å²) < 4.78 is 0. The normalized spacial score (nSPS) is 19.2. The first-order valence-electron chi connectivity index (χ1n) is 9.81. The summed E-state index contributed by atoms with van der Waals surface area (Å²) >= 11 is 0. The first-order valence-corrected chi connectivity index (χ1v) is 9.81. The third-order valence-electron chi connectivity index (χ3n) is 6.10. The highest BCUT2D eigenvalue weighted by atomic mass is 16.2. The monoisotopic (exact) mass is 382 g/mol. The number of H-pyrrole nitrogens is 1. The van der Waals surface area contributed by atoms with Crippen molar-refractivity contribution in [2.75, 3.05) is 31.9 Å². The van der Waals surface area contributed by atoms with E-state index in [0.717, 1.165) is 37.9 Å². The number of piperidine rings is 2. The zero-order chi connectivity index (χ0) is 19.6. The van der Waals surface area contributed by atoms with Crippen molar-refractivity contribution in [1.29, 1.82) is 0 Å². The number of amides is 2. The maximum Gasteiger partial charge on any atom is 0.255 e. The largest absolute Gasteiger partial charge is 0.384 e. The average Bonchev–Trinajstić information content (AvgIpc) is 3.23. The number of carbonyl (C=O) groups is 2. The second-order valence-corrected chi connectivity index (χ2v) is 7.91. The molecule has 28 heavy (non-hydrogen) atoms. The van der Waals surface area contributed by atoms with Gasteiger partial charge in [0.05, 0.1) is 11.9 Å². The fourth-order valence-electron chi connectivity index (χ4n) is 4.29. The fraction of sp³-hybridized carbons (Fsp3) is 0.500. The molecule has 0 bridgehead atoms. The maximum absolute atomic E-state index is 12.7. The Bertz CT molecular complexity index is 825. The van der Waals surface area contributed by atoms with Crippen molar-refractivity contribution in [3.05, 3.63) is 42.1 Å². The van der Waals surface area contributed by atoms with Crippen molar-refractivity contribution in [1.82, 2.24) is 24.8 Å². The number of imidazole rings is 1. The lowest BCUT2D eigenvalue weighted by molar-refractivity contribution is -0.138. The first-order chi connectivity index (χ1) is 13.5. The molecule has 0 aliphatic carbocycles. The van der Waals surface area contributed by atoms with Gasteiger partial charge in [-0.25, -0.2) is 9.97 Å². The van der Waals surface area contributed by atoms with Crippen molar-refractivity contribution >= 4 is 17.6 Å². The number of hydrogen-bond donors (Lipinski definition) is 2. The van der Waals surface area contributed by atoms with E-state index in [2.05, 4.69) is 15.0 Å². The second kappa shape index (κ2) is 7.61. The van der Waals surface area contributed by atoms with Gasteiger partial charge in [0, 0.05) is 57.1 Å². The molecule has 0 saturated carbocycles. The minimum atomic E-state index is 0.00494. The number of rotatable bonds is 4. The van der Waals surface area contributed by atoms with Crippen LogP contribution in [0.5, 0.6) is 0 Å². The van der Waals surface area contributed by atoms with E-state index in [1.807, 2.05) is 9.80 Å². The molecule has 3 N–H and O–H groups in total. The molecule has 148 valence electrons. The first kappa shape index (κ1) is 18.5. The van der Waals surface area contributed by atoms with E-state index in [9.17, 15) is 9.59 Å². The Morgan fingerprint density at radius 3 is 2.71 bits per heavy atom. The van der Waals surface area contributed by atoms with Gasteiger partial charge in [-0.15, -0.1) is 0 Å². The SMILES string of the molecule is Nc1ccc(C(=O)N2CCC3(CCC(=O)N(CCc4cnc[nH]4)C3)CC2)cn1. The van der Waals surface area contributed by atoms with Crippen LogP contribution in [0, 0.1) is 5.41 Å². The highest BCUT2D eigenvalue weighted by Gasteiger charge is 2.41. The molecular weight excluding hydrogens is 356 g/mol. The van der Waals surface area contributed by atoms with E-state index in [4.69, 9.17) is 5.73 Å². The van der Waals surface area contributed by atoms with Gasteiger partial charge < -0.3 is 20.5 Å². The van der Waals surface area contributed by atoms with E-state index in [-0.39, 0.29) is 17.2 Å². The third-order valence-corrected chi connectivity index (χ3v) is 6.10. The smallest absolute Gasteiger partial charge is 0.255 e. The summed E-state index contributed by atoms with van der Waals surface area (Å²) in [5, 5.41) is 0. The molecule has 2 aliphatic rings. The van der Waals surface area contributed by atoms with Gasteiger partial charge in [0.1, 0.15) is 5.82 Å². The van der Waals surface area contributed by atoms with Crippen molar-refractivity contribution in [3.8, 4) is 0 Å². The zero-order valence-electron chi connectivity index (χ0n) is 15.9. The summed E-state index contributed by atoms with van der Waals surface area (Å²) in [6.45, 7) is 2.92. The number of pyridine rings is 1. The highest BCUT2D eigenvalue weighted by molar-refractivity contribution is 5.94. The molecule has 2 aliphatic heterocycles. The number of nitrogens with two attached hydrogens (primary N) is 1. The highest BCUT2D eigenvalue weighted by Crippen LogP contribution is 2.40. The van der Waals surface area contributed by atoms with Crippen LogP contribution in [0.25, 0.3) is 0 Å². The third kappa shape index (κ3) is 3.85. The molecule has 1 spiro atoms. The van der Waals surface area contributed by atoms with Crippen LogP contribution in [0.3, 0.4) is 0 Å². The van der Waals surface area contributed by atoms with Crippen molar-refractivity contribution in [2.24, 2.45) is 5.41 Å². The predicted molar refractivity (Wildman–Crippen MR) is 104 cm³/mol. The summed E-state index contributed by atoms with van der Waals surface area (Å²) in [5.74, 6) is 0.651. The Hall–Kier alpha value is -2.90. The van der Waals surface area contributed by atoms with Crippen LogP contribution in [-0.2, 0) is 11.2 Å². The number of aromatic amines is 1. The van der Waals surface area contributed by atoms with Gasteiger partial charge in [0.25, 0.3) is 5.91 Å². The molecule has 2 aromatic rings. The molecule has 2 saturated heterocycles. The summed E-state index contributed by atoms with van der Waals surface area (Å²) in [5.41, 5.74) is 7.35. The number of anilines is 1. The predicted octanol–water partition coefficient (Wildman–Crippen LogP) is 1.47. The number of nitrogens with one attached hydrogen (secondary N) is 1. The summed E-state index contributed by atoms with van der Waals surface area (Å²) in [4.78, 5) is 40.1. The lowest BCUT2D eigenvalue weighted by atomic mass is 9.72. The Morgan fingerprint density at radius 1 is 1.21 bits per heavy atom. The van der Waals surface area contributed by atoms with Crippen LogP contribution < -0.4 is 5.73 Å². The molecule has 0 unspecified atom stereocenters. The van der Waals surface area contributed by atoms with Crippen molar-refractivity contribution in [3.63, 3.8) is 0 Å². The van der Waals surface area contributed by atoms with Crippen LogP contribution in [-0.4, -0.2) is 62.7 Å². The summed E-state index contributed by atoms with van der Waals surface area (Å²) in [6, 6.07) is 3.38. The van der Waals surface area contributed by atoms with Gasteiger partial charge in [-0.2, -0.15) is 0 Å². The number of nitrogens with zero attached hydrogens (tertiary/aromatic N) is 4. The lowest BCUT2D eigenvalue weighted by Crippen LogP contribution is -2.52. The molecule has 0 aromatic carbocycles. The van der Waals surface area contributed by atoms with E-state index in [1.54, 1.807) is 30.9 Å². The van der Waals surface area contributed by atoms with Gasteiger partial charge >= 0.3 is 0 Å². The maximum atomic E-state index is 12.7. The second-order valence-electron chi connectivity index (χ2n) is 7.91. The van der Waals surface area contributed by atoms with Crippen LogP contribution in [0.15, 0.2) is 30.9 Å². The van der Waals surface area contributed by atoms with Gasteiger partial charge in [-0.1, -0.05) is 0 Å². The van der Waals surface area contributed by atoms with E-state index >= 15 is 0 Å². The number of aromatic nitrogens is 3. The van der Waals surface area contributed by atoms with Crippen LogP contribution >= 0.6 is 0 Å². The Labute approximate surface area is 164 Å². The molecule has 2 amide bonds. The number of hydrogen-bond acceptors (Lipinski definition) is 5. The molecule has 4 rings (SSSR count). The van der Waals surface area contributed by atoms with Crippen LogP contribution in [0.4, 0.5) is 5.82 Å². The average molecular weight is 382 g/mol. The Balaban J connectivity index is 1.35. The Morgan fingerprint density at radius 2 is 2.04 bits per heavy atom. The molecule has 0 atom stereocenters. The number of nitrogen functional groups attached to an aromatic ring is 1. The summed E-state index contributed by atoms with van der Waals surface area (Å²) in [6.07, 6.45) is 9.16. The zero-order valence-corrected chi connectivity index (χ0v) is 15.9. The number of likely N-dealkylation sites (tertiary alicyclic amines) is 2. The fourth-order valence-corrected chi connectivity index (χ4v) is 4.29. The van der Waals surface area contributed by atoms with Crippen molar-refractivity contribution in [2.45, 2.75) is 32.1 Å². The molecule has 8 nitrogen and oxygen atoms in total. The van der Waals surface area contributed by atoms with Gasteiger partial charge in [0.15, 0.2) is 0 Å². The minimum absolute atomic E-state index is 0.00494. The van der Waals surface area contributed by atoms with E-state index in [0.29, 0.717) is 37.4 Å². The molecule has 4 heterocycles. The standard InChI is InChI=1S/C20H26N6O2/c21-17-2-1-15(11-23-17)19(28)25-9-6-20(7-10-25)5-3-18(27)26(13-20)8-4-16-12-22-14-24-16/h1-2,11-12,14H,3-10,13H2,(H2,21,23)(H,22,24).